The lowest BCUT2D eigenvalue weighted by Crippen LogP contribution is -2.21. The number of unbranched alkanes of at least 4 members (excludes halogenated alkanes) is 1. The minimum atomic E-state index is -4.42. The van der Waals surface area contributed by atoms with Crippen LogP contribution in [0.25, 0.3) is 11.1 Å². The van der Waals surface area contributed by atoms with Gasteiger partial charge in [-0.05, 0) is 60.7 Å². The molecular formula is C31H31N3O6S. The minimum Gasteiger partial charge on any atom is -0.504 e. The minimum absolute atomic E-state index is 0.155. The molecule has 0 unspecified atom stereocenters. The van der Waals surface area contributed by atoms with Crippen molar-refractivity contribution < 1.29 is 28.2 Å². The van der Waals surface area contributed by atoms with E-state index in [1.54, 1.807) is 36.4 Å². The first-order valence-electron chi connectivity index (χ1n) is 13.4. The molecule has 4 aromatic rings. The van der Waals surface area contributed by atoms with Crippen LogP contribution in [-0.2, 0) is 16.3 Å². The van der Waals surface area contributed by atoms with E-state index in [-0.39, 0.29) is 10.6 Å². The van der Waals surface area contributed by atoms with Crippen LogP contribution < -0.4 is 15.4 Å². The van der Waals surface area contributed by atoms with Gasteiger partial charge in [0.25, 0.3) is 0 Å². The maximum absolute atomic E-state index is 13.9. The molecule has 3 aromatic carbocycles. The van der Waals surface area contributed by atoms with Crippen molar-refractivity contribution in [3.05, 3.63) is 84.1 Å². The molecule has 1 aliphatic heterocycles. The lowest BCUT2D eigenvalue weighted by Gasteiger charge is -2.28. The number of aryl methyl sites for hydroxylation is 1. The van der Waals surface area contributed by atoms with Crippen LogP contribution in [-0.4, -0.2) is 42.7 Å². The molecular weight excluding hydrogens is 542 g/mol. The highest BCUT2D eigenvalue weighted by atomic mass is 32.2. The third-order valence-electron chi connectivity index (χ3n) is 7.07. The Morgan fingerprint density at radius 2 is 1.73 bits per heavy atom. The van der Waals surface area contributed by atoms with Gasteiger partial charge in [-0.25, -0.2) is 13.4 Å². The summed E-state index contributed by atoms with van der Waals surface area (Å²) >= 11 is 0. The summed E-state index contributed by atoms with van der Waals surface area (Å²) in [4.78, 5) is 17.2. The summed E-state index contributed by atoms with van der Waals surface area (Å²) in [5, 5.41) is 22.6. The van der Waals surface area contributed by atoms with Gasteiger partial charge in [-0.1, -0.05) is 55.8 Å². The monoisotopic (exact) mass is 573 g/mol. The smallest absolute Gasteiger partial charge is 0.249 e. The van der Waals surface area contributed by atoms with Gasteiger partial charge < -0.3 is 25.6 Å². The number of sulfone groups is 1. The van der Waals surface area contributed by atoms with Gasteiger partial charge in [-0.3, -0.25) is 4.79 Å². The molecule has 2 heterocycles. The summed E-state index contributed by atoms with van der Waals surface area (Å²) in [7, 11) is -4.42. The maximum atomic E-state index is 13.9. The Morgan fingerprint density at radius 3 is 2.46 bits per heavy atom. The SMILES string of the molecule is CCCCc1nc(O)c(S(=O)(=O)c2ccc(-c3ccccc3C(N)=O)cc2)c(O)c1N1CCCOc2ccccc21. The summed E-state index contributed by atoms with van der Waals surface area (Å²) in [6, 6.07) is 19.9. The number of para-hydroxylation sites is 2. The summed E-state index contributed by atoms with van der Waals surface area (Å²) in [6.07, 6.45) is 2.62. The number of amides is 1. The highest BCUT2D eigenvalue weighted by molar-refractivity contribution is 7.91. The molecule has 0 aliphatic carbocycles. The Morgan fingerprint density at radius 1 is 1.02 bits per heavy atom. The van der Waals surface area contributed by atoms with Crippen LogP contribution in [0.3, 0.4) is 0 Å². The van der Waals surface area contributed by atoms with E-state index < -0.39 is 32.3 Å². The molecule has 0 bridgehead atoms. The number of aromatic nitrogens is 1. The number of benzene rings is 3. The van der Waals surface area contributed by atoms with Crippen molar-refractivity contribution in [2.24, 2.45) is 5.73 Å². The molecule has 4 N–H and O–H groups in total. The third-order valence-corrected chi connectivity index (χ3v) is 8.88. The number of carbonyl (C=O) groups excluding carboxylic acids is 1. The Hall–Kier alpha value is -4.57. The number of hydrogen-bond donors (Lipinski definition) is 3. The summed E-state index contributed by atoms with van der Waals surface area (Å²) in [5.41, 5.74) is 8.26. The van der Waals surface area contributed by atoms with Crippen molar-refractivity contribution in [1.29, 1.82) is 0 Å². The zero-order valence-corrected chi connectivity index (χ0v) is 23.4. The normalized spacial score (nSPS) is 13.2. The number of hydrogen-bond acceptors (Lipinski definition) is 8. The lowest BCUT2D eigenvalue weighted by atomic mass is 9.99. The Kier molecular flexibility index (Phi) is 7.85. The summed E-state index contributed by atoms with van der Waals surface area (Å²) in [5.74, 6) is -1.33. The molecule has 212 valence electrons. The number of nitrogens with zero attached hydrogens (tertiary/aromatic N) is 2. The summed E-state index contributed by atoms with van der Waals surface area (Å²) in [6.45, 7) is 2.92. The second kappa shape index (κ2) is 11.5. The first-order chi connectivity index (χ1) is 19.7. The molecule has 0 fully saturated rings. The van der Waals surface area contributed by atoms with Gasteiger partial charge in [0, 0.05) is 12.1 Å². The van der Waals surface area contributed by atoms with E-state index in [9.17, 15) is 23.4 Å². The fourth-order valence-electron chi connectivity index (χ4n) is 5.07. The van der Waals surface area contributed by atoms with Crippen molar-refractivity contribution in [1.82, 2.24) is 4.98 Å². The molecule has 9 nitrogen and oxygen atoms in total. The summed E-state index contributed by atoms with van der Waals surface area (Å²) < 4.78 is 33.7. The molecule has 41 heavy (non-hydrogen) atoms. The first kappa shape index (κ1) is 28.0. The van der Waals surface area contributed by atoms with E-state index >= 15 is 0 Å². The van der Waals surface area contributed by atoms with Gasteiger partial charge >= 0.3 is 0 Å². The number of fused-ring (bicyclic) bond motifs is 1. The largest absolute Gasteiger partial charge is 0.504 e. The number of nitrogens with two attached hydrogens (primary N) is 1. The third kappa shape index (κ3) is 5.30. The second-order valence-electron chi connectivity index (χ2n) is 9.77. The Labute approximate surface area is 238 Å². The molecule has 0 saturated heterocycles. The number of ether oxygens (including phenoxy) is 1. The predicted octanol–water partition coefficient (Wildman–Crippen LogP) is 5.35. The Bertz CT molecular complexity index is 1700. The fourth-order valence-corrected chi connectivity index (χ4v) is 6.44. The van der Waals surface area contributed by atoms with Crippen LogP contribution >= 0.6 is 0 Å². The van der Waals surface area contributed by atoms with Crippen LogP contribution in [0, 0.1) is 0 Å². The van der Waals surface area contributed by atoms with Crippen molar-refractivity contribution in [2.75, 3.05) is 18.1 Å². The van der Waals surface area contributed by atoms with Gasteiger partial charge in [-0.15, -0.1) is 0 Å². The highest BCUT2D eigenvalue weighted by Crippen LogP contribution is 2.47. The number of anilines is 2. The van der Waals surface area contributed by atoms with Crippen LogP contribution in [0.2, 0.25) is 0 Å². The number of aromatic hydroxyl groups is 2. The van der Waals surface area contributed by atoms with Crippen LogP contribution in [0.1, 0.15) is 42.2 Å². The molecule has 1 aliphatic rings. The number of carbonyl (C=O) groups is 1. The number of pyridine rings is 1. The van der Waals surface area contributed by atoms with Crippen molar-refractivity contribution in [3.8, 4) is 28.5 Å². The fraction of sp³-hybridized carbons (Fsp3) is 0.226. The van der Waals surface area contributed by atoms with E-state index in [0.717, 1.165) is 12.8 Å². The second-order valence-corrected chi connectivity index (χ2v) is 11.7. The zero-order valence-electron chi connectivity index (χ0n) is 22.6. The zero-order chi connectivity index (χ0) is 29.1. The molecule has 1 amide bonds. The maximum Gasteiger partial charge on any atom is 0.249 e. The van der Waals surface area contributed by atoms with Crippen LogP contribution in [0.15, 0.2) is 82.6 Å². The van der Waals surface area contributed by atoms with E-state index in [4.69, 9.17) is 10.5 Å². The van der Waals surface area contributed by atoms with Gasteiger partial charge in [0.1, 0.15) is 11.4 Å². The van der Waals surface area contributed by atoms with Crippen molar-refractivity contribution in [2.45, 2.75) is 42.4 Å². The molecule has 0 radical (unpaired) electrons. The molecule has 1 aromatic heterocycles. The Balaban J connectivity index is 1.64. The predicted molar refractivity (Wildman–Crippen MR) is 156 cm³/mol. The van der Waals surface area contributed by atoms with Gasteiger partial charge in [0.15, 0.2) is 10.6 Å². The van der Waals surface area contributed by atoms with E-state index in [0.29, 0.717) is 59.8 Å². The number of rotatable bonds is 8. The first-order valence-corrected chi connectivity index (χ1v) is 14.9. The number of primary amides is 1. The molecule has 5 rings (SSSR count). The quantitative estimate of drug-likeness (QED) is 0.256. The van der Waals surface area contributed by atoms with Gasteiger partial charge in [0.2, 0.25) is 21.6 Å². The average Bonchev–Trinajstić information content (AvgIpc) is 3.18. The van der Waals surface area contributed by atoms with Crippen LogP contribution in [0.4, 0.5) is 11.4 Å². The van der Waals surface area contributed by atoms with E-state index in [2.05, 4.69) is 4.98 Å². The molecule has 0 saturated carbocycles. The van der Waals surface area contributed by atoms with Crippen molar-refractivity contribution >= 4 is 27.1 Å². The highest BCUT2D eigenvalue weighted by Gasteiger charge is 2.34. The lowest BCUT2D eigenvalue weighted by molar-refractivity contribution is 0.100. The topological polar surface area (TPSA) is 143 Å². The van der Waals surface area contributed by atoms with E-state index in [1.807, 2.05) is 36.1 Å². The molecule has 10 heteroatoms. The van der Waals surface area contributed by atoms with Gasteiger partial charge in [-0.2, -0.15) is 0 Å². The van der Waals surface area contributed by atoms with Crippen LogP contribution in [0.5, 0.6) is 17.4 Å². The molecule has 0 spiro atoms. The van der Waals surface area contributed by atoms with E-state index in [1.165, 1.54) is 12.1 Å². The standard InChI is InChI=1S/C31H31N3O6S/c1-2-3-11-24-27(34-18-8-19-40-26-13-7-6-12-25(26)34)28(35)29(31(37)33-24)41(38,39)21-16-14-20(15-17-21)22-9-4-5-10-23(22)30(32)36/h4-7,9-10,12-17H,2-3,8,11,18-19H2,1H3,(H2,32,36)(H2,33,35,37). The molecule has 0 atom stereocenters. The van der Waals surface area contributed by atoms with Gasteiger partial charge in [0.05, 0.1) is 22.9 Å². The average molecular weight is 574 g/mol. The van der Waals surface area contributed by atoms with Crippen molar-refractivity contribution in [3.63, 3.8) is 0 Å².